The van der Waals surface area contributed by atoms with Gasteiger partial charge < -0.3 is 0 Å². The van der Waals surface area contributed by atoms with Crippen LogP contribution >= 0.6 is 34.5 Å². The van der Waals surface area contributed by atoms with E-state index in [2.05, 4.69) is 13.8 Å². The van der Waals surface area contributed by atoms with E-state index in [4.69, 9.17) is 23.2 Å². The van der Waals surface area contributed by atoms with Gasteiger partial charge in [-0.05, 0) is 24.5 Å². The van der Waals surface area contributed by atoms with Crippen molar-refractivity contribution in [3.05, 3.63) is 20.3 Å². The third-order valence-electron chi connectivity index (χ3n) is 3.93. The molecule has 1 aromatic rings. The van der Waals surface area contributed by atoms with Crippen LogP contribution < -0.4 is 0 Å². The molecule has 0 aliphatic heterocycles. The van der Waals surface area contributed by atoms with E-state index in [-0.39, 0.29) is 11.3 Å². The van der Waals surface area contributed by atoms with E-state index in [1.807, 2.05) is 6.07 Å². The van der Waals surface area contributed by atoms with Gasteiger partial charge in [0.15, 0.2) is 0 Å². The normalized spacial score (nSPS) is 23.2. The molecule has 1 aliphatic carbocycles. The van der Waals surface area contributed by atoms with Crippen molar-refractivity contribution in [2.45, 2.75) is 39.0 Å². The summed E-state index contributed by atoms with van der Waals surface area (Å²) in [6, 6.07) is 1.92. The number of hydrogen-bond donors (Lipinski definition) is 0. The second-order valence-corrected chi connectivity index (χ2v) is 6.61. The zero-order valence-electron chi connectivity index (χ0n) is 9.35. The van der Waals surface area contributed by atoms with Crippen molar-refractivity contribution in [1.29, 1.82) is 0 Å². The lowest BCUT2D eigenvalue weighted by atomic mass is 9.54. The standard InChI is InChI=1S/C12H14Cl2OS/c1-3-12(4-2)8(6-9(12)15)7-5-10(13)16-11(7)14/h5,8H,3-4,6H2,1-2H3. The highest BCUT2D eigenvalue weighted by Gasteiger charge is 2.53. The second kappa shape index (κ2) is 4.32. The Kier molecular flexibility index (Phi) is 3.35. The van der Waals surface area contributed by atoms with Crippen LogP contribution in [-0.4, -0.2) is 5.78 Å². The molecule has 1 aliphatic rings. The first-order valence-corrected chi connectivity index (χ1v) is 7.10. The smallest absolute Gasteiger partial charge is 0.140 e. The van der Waals surface area contributed by atoms with Crippen LogP contribution in [-0.2, 0) is 4.79 Å². The van der Waals surface area contributed by atoms with Gasteiger partial charge in [-0.1, -0.05) is 37.0 Å². The van der Waals surface area contributed by atoms with Crippen LogP contribution in [0.15, 0.2) is 6.07 Å². The average Bonchev–Trinajstić information content (AvgIpc) is 2.56. The third-order valence-corrected chi connectivity index (χ3v) is 5.45. The fraction of sp³-hybridized carbons (Fsp3) is 0.583. The van der Waals surface area contributed by atoms with E-state index in [9.17, 15) is 4.79 Å². The first-order valence-electron chi connectivity index (χ1n) is 5.53. The van der Waals surface area contributed by atoms with Crippen molar-refractivity contribution < 1.29 is 4.79 Å². The molecule has 1 fully saturated rings. The van der Waals surface area contributed by atoms with Crippen molar-refractivity contribution in [2.24, 2.45) is 5.41 Å². The van der Waals surface area contributed by atoms with E-state index in [1.165, 1.54) is 11.3 Å². The number of Topliss-reactive ketones (excluding diaryl/α,β-unsaturated/α-hetero) is 1. The molecule has 2 rings (SSSR count). The van der Waals surface area contributed by atoms with Crippen LogP contribution in [0.25, 0.3) is 0 Å². The molecule has 1 unspecified atom stereocenters. The summed E-state index contributed by atoms with van der Waals surface area (Å²) in [5, 5.41) is 0. The summed E-state index contributed by atoms with van der Waals surface area (Å²) < 4.78 is 1.45. The van der Waals surface area contributed by atoms with Crippen molar-refractivity contribution in [3.63, 3.8) is 0 Å². The lowest BCUT2D eigenvalue weighted by Gasteiger charge is -2.47. The average molecular weight is 277 g/mol. The summed E-state index contributed by atoms with van der Waals surface area (Å²) in [5.74, 6) is 0.645. The largest absolute Gasteiger partial charge is 0.299 e. The number of rotatable bonds is 3. The lowest BCUT2D eigenvalue weighted by molar-refractivity contribution is -0.141. The SMILES string of the molecule is CCC1(CC)C(=O)CC1c1cc(Cl)sc1Cl. The van der Waals surface area contributed by atoms with Gasteiger partial charge in [0.2, 0.25) is 0 Å². The van der Waals surface area contributed by atoms with E-state index in [1.54, 1.807) is 0 Å². The predicted molar refractivity (Wildman–Crippen MR) is 69.7 cm³/mol. The Morgan fingerprint density at radius 3 is 2.44 bits per heavy atom. The van der Waals surface area contributed by atoms with Gasteiger partial charge in [-0.2, -0.15) is 0 Å². The van der Waals surface area contributed by atoms with Crippen LogP contribution in [0.2, 0.25) is 8.67 Å². The molecular weight excluding hydrogens is 263 g/mol. The van der Waals surface area contributed by atoms with E-state index < -0.39 is 0 Å². The van der Waals surface area contributed by atoms with Crippen LogP contribution in [0.4, 0.5) is 0 Å². The van der Waals surface area contributed by atoms with E-state index in [0.717, 1.165) is 22.7 Å². The zero-order valence-corrected chi connectivity index (χ0v) is 11.7. The molecule has 0 amide bonds. The van der Waals surface area contributed by atoms with Crippen molar-refractivity contribution in [2.75, 3.05) is 0 Å². The molecule has 16 heavy (non-hydrogen) atoms. The van der Waals surface area contributed by atoms with Gasteiger partial charge in [-0.15, -0.1) is 11.3 Å². The number of ketones is 1. The molecule has 1 saturated carbocycles. The molecular formula is C12H14Cl2OS. The monoisotopic (exact) mass is 276 g/mol. The highest BCUT2D eigenvalue weighted by atomic mass is 35.5. The zero-order chi connectivity index (χ0) is 11.9. The fourth-order valence-corrected chi connectivity index (χ4v) is 4.36. The molecule has 1 aromatic heterocycles. The highest BCUT2D eigenvalue weighted by molar-refractivity contribution is 7.20. The molecule has 1 heterocycles. The molecule has 0 radical (unpaired) electrons. The Hall–Kier alpha value is -0.0500. The van der Waals surface area contributed by atoms with Crippen molar-refractivity contribution >= 4 is 40.3 Å². The number of halogens is 2. The van der Waals surface area contributed by atoms with Crippen LogP contribution in [0, 0.1) is 5.41 Å². The maximum absolute atomic E-state index is 11.8. The molecule has 0 saturated heterocycles. The third kappa shape index (κ3) is 1.62. The number of carbonyl (C=O) groups excluding carboxylic acids is 1. The summed E-state index contributed by atoms with van der Waals surface area (Å²) >= 11 is 13.5. The Morgan fingerprint density at radius 1 is 1.44 bits per heavy atom. The highest BCUT2D eigenvalue weighted by Crippen LogP contribution is 2.57. The van der Waals surface area contributed by atoms with Gasteiger partial charge >= 0.3 is 0 Å². The van der Waals surface area contributed by atoms with Gasteiger partial charge in [0.1, 0.15) is 5.78 Å². The molecule has 0 spiro atoms. The first-order chi connectivity index (χ1) is 7.55. The first kappa shape index (κ1) is 12.4. The van der Waals surface area contributed by atoms with Gasteiger partial charge in [-0.25, -0.2) is 0 Å². The molecule has 88 valence electrons. The molecule has 0 bridgehead atoms. The number of hydrogen-bond acceptors (Lipinski definition) is 2. The topological polar surface area (TPSA) is 17.1 Å². The molecule has 1 nitrogen and oxygen atoms in total. The van der Waals surface area contributed by atoms with Gasteiger partial charge in [0.25, 0.3) is 0 Å². The molecule has 1 atom stereocenters. The minimum Gasteiger partial charge on any atom is -0.299 e. The summed E-state index contributed by atoms with van der Waals surface area (Å²) in [6.45, 7) is 4.16. The number of carbonyl (C=O) groups is 1. The lowest BCUT2D eigenvalue weighted by Crippen LogP contribution is -2.47. The van der Waals surface area contributed by atoms with Gasteiger partial charge in [-0.3, -0.25) is 4.79 Å². The van der Waals surface area contributed by atoms with Crippen LogP contribution in [0.1, 0.15) is 44.6 Å². The maximum Gasteiger partial charge on any atom is 0.140 e. The summed E-state index contributed by atoms with van der Waals surface area (Å²) in [4.78, 5) is 11.8. The number of thiophene rings is 1. The van der Waals surface area contributed by atoms with Crippen molar-refractivity contribution in [1.82, 2.24) is 0 Å². The van der Waals surface area contributed by atoms with Gasteiger partial charge in [0.05, 0.1) is 8.67 Å². The van der Waals surface area contributed by atoms with E-state index in [0.29, 0.717) is 16.5 Å². The maximum atomic E-state index is 11.8. The Labute approximate surface area is 110 Å². The Bertz CT molecular complexity index is 421. The Morgan fingerprint density at radius 2 is 2.06 bits per heavy atom. The molecule has 0 N–H and O–H groups in total. The molecule has 0 aromatic carbocycles. The predicted octanol–water partition coefficient (Wildman–Crippen LogP) is 4.92. The van der Waals surface area contributed by atoms with Crippen LogP contribution in [0.3, 0.4) is 0 Å². The summed E-state index contributed by atoms with van der Waals surface area (Å²) in [7, 11) is 0. The summed E-state index contributed by atoms with van der Waals surface area (Å²) in [5.41, 5.74) is 0.883. The van der Waals surface area contributed by atoms with Crippen molar-refractivity contribution in [3.8, 4) is 0 Å². The van der Waals surface area contributed by atoms with Gasteiger partial charge in [0, 0.05) is 17.8 Å². The second-order valence-electron chi connectivity index (χ2n) is 4.32. The Balaban J connectivity index is 2.36. The minimum atomic E-state index is -0.186. The van der Waals surface area contributed by atoms with E-state index >= 15 is 0 Å². The fourth-order valence-electron chi connectivity index (χ4n) is 2.78. The minimum absolute atomic E-state index is 0.186. The molecule has 4 heteroatoms. The summed E-state index contributed by atoms with van der Waals surface area (Å²) in [6.07, 6.45) is 2.39. The van der Waals surface area contributed by atoms with Crippen LogP contribution in [0.5, 0.6) is 0 Å². The quantitative estimate of drug-likeness (QED) is 0.766.